The van der Waals surface area contributed by atoms with Gasteiger partial charge in [-0.2, -0.15) is 0 Å². The highest BCUT2D eigenvalue weighted by Gasteiger charge is 2.07. The number of hydrogen-bond donors (Lipinski definition) is 1. The number of hydrogen-bond acceptors (Lipinski definition) is 2. The first kappa shape index (κ1) is 11.6. The molecule has 2 nitrogen and oxygen atoms in total. The van der Waals surface area contributed by atoms with Crippen molar-refractivity contribution in [2.24, 2.45) is 0 Å². The average Bonchev–Trinajstić information content (AvgIpc) is 2.29. The van der Waals surface area contributed by atoms with E-state index in [0.29, 0.717) is 0 Å². The molecule has 80 valence electrons. The third-order valence-electron chi connectivity index (χ3n) is 2.37. The molecule has 1 N–H and O–H groups in total. The van der Waals surface area contributed by atoms with Crippen LogP contribution in [0.1, 0.15) is 25.5 Å². The van der Waals surface area contributed by atoms with Crippen molar-refractivity contribution in [1.29, 1.82) is 0 Å². The second kappa shape index (κ2) is 5.43. The van der Waals surface area contributed by atoms with E-state index in [-0.39, 0.29) is 12.1 Å². The van der Waals surface area contributed by atoms with Crippen molar-refractivity contribution >= 4 is 0 Å². The molecule has 0 heterocycles. The highest BCUT2D eigenvalue weighted by molar-refractivity contribution is 5.29. The zero-order valence-corrected chi connectivity index (χ0v) is 9.45. The Kier molecular flexibility index (Phi) is 4.20. The summed E-state index contributed by atoms with van der Waals surface area (Å²) in [7, 11) is 1.66. The Morgan fingerprint density at radius 3 is 2.33 bits per heavy atom. The lowest BCUT2D eigenvalue weighted by Gasteiger charge is -2.16. The van der Waals surface area contributed by atoms with E-state index >= 15 is 0 Å². The summed E-state index contributed by atoms with van der Waals surface area (Å²) in [6.07, 6.45) is 5.31. The maximum absolute atomic E-state index is 5.31. The molecule has 0 fully saturated rings. The summed E-state index contributed by atoms with van der Waals surface area (Å²) in [6.45, 7) is 4.07. The third kappa shape index (κ3) is 3.30. The molecular formula is C13H17NO. The van der Waals surface area contributed by atoms with Crippen LogP contribution in [0, 0.1) is 12.3 Å². The molecule has 1 aromatic carbocycles. The summed E-state index contributed by atoms with van der Waals surface area (Å²) in [5, 5.41) is 3.31. The van der Waals surface area contributed by atoms with E-state index in [0.717, 1.165) is 5.75 Å². The standard InChI is InChI=1S/C13H17NO/c1-5-10(2)14-11(3)12-6-8-13(15-4)9-7-12/h1,6-11,14H,2-4H3/t10?,11-/m0/s1. The molecule has 0 radical (unpaired) electrons. The smallest absolute Gasteiger partial charge is 0.118 e. The number of methoxy groups -OCH3 is 1. The highest BCUT2D eigenvalue weighted by atomic mass is 16.5. The van der Waals surface area contributed by atoms with E-state index in [1.165, 1.54) is 5.56 Å². The van der Waals surface area contributed by atoms with Crippen molar-refractivity contribution in [3.8, 4) is 18.1 Å². The molecule has 1 unspecified atom stereocenters. The van der Waals surface area contributed by atoms with Crippen LogP contribution in [0.25, 0.3) is 0 Å². The Morgan fingerprint density at radius 2 is 1.87 bits per heavy atom. The normalized spacial score (nSPS) is 14.0. The van der Waals surface area contributed by atoms with Crippen LogP contribution in [0.4, 0.5) is 0 Å². The number of terminal acetylenes is 1. The minimum absolute atomic E-state index is 0.0853. The lowest BCUT2D eigenvalue weighted by Crippen LogP contribution is -2.27. The summed E-state index contributed by atoms with van der Waals surface area (Å²) < 4.78 is 5.10. The lowest BCUT2D eigenvalue weighted by molar-refractivity contribution is 0.414. The van der Waals surface area contributed by atoms with Crippen LogP contribution in [0.5, 0.6) is 5.75 Å². The van der Waals surface area contributed by atoms with Gasteiger partial charge >= 0.3 is 0 Å². The molecule has 0 amide bonds. The van der Waals surface area contributed by atoms with Gasteiger partial charge < -0.3 is 4.74 Å². The van der Waals surface area contributed by atoms with Crippen LogP contribution in [0.2, 0.25) is 0 Å². The Labute approximate surface area is 91.6 Å². The number of nitrogens with one attached hydrogen (secondary N) is 1. The molecule has 0 bridgehead atoms. The maximum Gasteiger partial charge on any atom is 0.118 e. The number of rotatable bonds is 4. The van der Waals surface area contributed by atoms with Crippen LogP contribution in [-0.4, -0.2) is 13.2 Å². The van der Waals surface area contributed by atoms with Gasteiger partial charge in [-0.1, -0.05) is 18.1 Å². The number of ether oxygens (including phenoxy) is 1. The van der Waals surface area contributed by atoms with Crippen molar-refractivity contribution in [3.63, 3.8) is 0 Å². The van der Waals surface area contributed by atoms with Gasteiger partial charge in [-0.15, -0.1) is 6.42 Å². The summed E-state index contributed by atoms with van der Waals surface area (Å²) >= 11 is 0. The van der Waals surface area contributed by atoms with Crippen molar-refractivity contribution in [3.05, 3.63) is 29.8 Å². The summed E-state index contributed by atoms with van der Waals surface area (Å²) in [4.78, 5) is 0. The van der Waals surface area contributed by atoms with Crippen molar-refractivity contribution in [1.82, 2.24) is 5.32 Å². The van der Waals surface area contributed by atoms with Gasteiger partial charge in [-0.3, -0.25) is 5.32 Å². The van der Waals surface area contributed by atoms with Crippen LogP contribution in [0.3, 0.4) is 0 Å². The lowest BCUT2D eigenvalue weighted by atomic mass is 10.1. The second-order valence-electron chi connectivity index (χ2n) is 3.55. The SMILES string of the molecule is C#CC(C)N[C@@H](C)c1ccc(OC)cc1. The first-order chi connectivity index (χ1) is 7.17. The quantitative estimate of drug-likeness (QED) is 0.758. The van der Waals surface area contributed by atoms with Crippen LogP contribution < -0.4 is 10.1 Å². The summed E-state index contributed by atoms with van der Waals surface area (Å²) in [5.41, 5.74) is 1.21. The van der Waals surface area contributed by atoms with E-state index in [9.17, 15) is 0 Å². The first-order valence-electron chi connectivity index (χ1n) is 5.03. The molecule has 1 rings (SSSR count). The zero-order valence-electron chi connectivity index (χ0n) is 9.45. The van der Waals surface area contributed by atoms with Gasteiger partial charge in [0.25, 0.3) is 0 Å². The second-order valence-corrected chi connectivity index (χ2v) is 3.55. The topological polar surface area (TPSA) is 21.3 Å². The highest BCUT2D eigenvalue weighted by Crippen LogP contribution is 2.17. The first-order valence-corrected chi connectivity index (χ1v) is 5.03. The summed E-state index contributed by atoms with van der Waals surface area (Å²) in [5.74, 6) is 3.52. The van der Waals surface area contributed by atoms with Crippen LogP contribution in [0.15, 0.2) is 24.3 Å². The molecule has 15 heavy (non-hydrogen) atoms. The van der Waals surface area contributed by atoms with Gasteiger partial charge in [-0.05, 0) is 31.5 Å². The van der Waals surface area contributed by atoms with E-state index < -0.39 is 0 Å². The minimum Gasteiger partial charge on any atom is -0.497 e. The molecule has 0 spiro atoms. The fourth-order valence-corrected chi connectivity index (χ4v) is 1.41. The fraction of sp³-hybridized carbons (Fsp3) is 0.385. The molecule has 0 aliphatic rings. The van der Waals surface area contributed by atoms with Gasteiger partial charge in [0, 0.05) is 6.04 Å². The van der Waals surface area contributed by atoms with E-state index in [2.05, 4.69) is 18.2 Å². The Balaban J connectivity index is 2.66. The molecule has 0 aliphatic heterocycles. The molecule has 0 aliphatic carbocycles. The molecule has 0 aromatic heterocycles. The predicted octanol–water partition coefficient (Wildman–Crippen LogP) is 2.37. The van der Waals surface area contributed by atoms with Crippen LogP contribution in [-0.2, 0) is 0 Å². The van der Waals surface area contributed by atoms with Gasteiger partial charge in [0.1, 0.15) is 5.75 Å². The summed E-state index contributed by atoms with van der Waals surface area (Å²) in [6, 6.07) is 8.32. The molecule has 2 atom stereocenters. The van der Waals surface area contributed by atoms with Crippen LogP contribution >= 0.6 is 0 Å². The molecular weight excluding hydrogens is 186 g/mol. The molecule has 0 saturated carbocycles. The van der Waals surface area contributed by atoms with Gasteiger partial charge in [-0.25, -0.2) is 0 Å². The van der Waals surface area contributed by atoms with E-state index in [1.807, 2.05) is 31.2 Å². The monoisotopic (exact) mass is 203 g/mol. The van der Waals surface area contributed by atoms with Crippen molar-refractivity contribution in [2.75, 3.05) is 7.11 Å². The number of benzene rings is 1. The minimum atomic E-state index is 0.0853. The molecule has 1 aromatic rings. The maximum atomic E-state index is 5.31. The largest absolute Gasteiger partial charge is 0.497 e. The van der Waals surface area contributed by atoms with Gasteiger partial charge in [0.15, 0.2) is 0 Å². The fourth-order valence-electron chi connectivity index (χ4n) is 1.41. The molecule has 2 heteroatoms. The van der Waals surface area contributed by atoms with Crippen molar-refractivity contribution in [2.45, 2.75) is 25.9 Å². The Hall–Kier alpha value is -1.46. The third-order valence-corrected chi connectivity index (χ3v) is 2.37. The van der Waals surface area contributed by atoms with Gasteiger partial charge in [0.2, 0.25) is 0 Å². The zero-order chi connectivity index (χ0) is 11.3. The van der Waals surface area contributed by atoms with E-state index in [1.54, 1.807) is 7.11 Å². The van der Waals surface area contributed by atoms with E-state index in [4.69, 9.17) is 11.2 Å². The molecule has 0 saturated heterocycles. The predicted molar refractivity (Wildman–Crippen MR) is 62.8 cm³/mol. The average molecular weight is 203 g/mol. The Morgan fingerprint density at radius 1 is 1.27 bits per heavy atom. The van der Waals surface area contributed by atoms with Crippen molar-refractivity contribution < 1.29 is 4.74 Å². The van der Waals surface area contributed by atoms with Gasteiger partial charge in [0.05, 0.1) is 13.2 Å². The Bertz CT molecular complexity index is 337.